The Kier molecular flexibility index (Phi) is 6.97. The second-order valence-corrected chi connectivity index (χ2v) is 5.06. The van der Waals surface area contributed by atoms with Gasteiger partial charge in [0.2, 0.25) is 0 Å². The second kappa shape index (κ2) is 9.31. The molecule has 0 unspecified atom stereocenters. The fraction of sp³-hybridized carbons (Fsp3) is 0.600. The van der Waals surface area contributed by atoms with Crippen molar-refractivity contribution in [1.82, 2.24) is 20.5 Å². The van der Waals surface area contributed by atoms with Gasteiger partial charge in [0.15, 0.2) is 0 Å². The molecule has 2 N–H and O–H groups in total. The van der Waals surface area contributed by atoms with Gasteiger partial charge in [-0.05, 0) is 25.1 Å². The van der Waals surface area contributed by atoms with E-state index in [1.165, 1.54) is 0 Å². The molecule has 1 aliphatic heterocycles. The van der Waals surface area contributed by atoms with Crippen molar-refractivity contribution >= 4 is 6.03 Å². The Morgan fingerprint density at radius 2 is 2.05 bits per heavy atom. The predicted octanol–water partition coefficient (Wildman–Crippen LogP) is 0.646. The van der Waals surface area contributed by atoms with E-state index < -0.39 is 0 Å². The minimum Gasteiger partial charge on any atom is -0.379 e. The molecular weight excluding hydrogens is 268 g/mol. The molecule has 2 heterocycles. The smallest absolute Gasteiger partial charge is 0.314 e. The highest BCUT2D eigenvalue weighted by Gasteiger charge is 2.09. The van der Waals surface area contributed by atoms with Crippen LogP contribution in [0.2, 0.25) is 0 Å². The second-order valence-electron chi connectivity index (χ2n) is 5.06. The highest BCUT2D eigenvalue weighted by molar-refractivity contribution is 5.73. The zero-order valence-electron chi connectivity index (χ0n) is 12.4. The Morgan fingerprint density at radius 3 is 2.81 bits per heavy atom. The molecule has 0 aromatic carbocycles. The number of rotatable bonds is 7. The number of carbonyl (C=O) groups is 1. The number of urea groups is 1. The Bertz CT molecular complexity index is 407. The number of morpholine rings is 1. The van der Waals surface area contributed by atoms with Gasteiger partial charge in [0, 0.05) is 44.5 Å². The highest BCUT2D eigenvalue weighted by atomic mass is 16.5. The minimum atomic E-state index is -0.104. The molecule has 1 aliphatic rings. The topological polar surface area (TPSA) is 66.5 Å². The predicted molar refractivity (Wildman–Crippen MR) is 81.2 cm³/mol. The van der Waals surface area contributed by atoms with Crippen LogP contribution in [0.25, 0.3) is 0 Å². The SMILES string of the molecule is O=C(NCCCN1CCOCC1)NCCc1ccccn1. The molecule has 0 atom stereocenters. The molecule has 6 heteroatoms. The van der Waals surface area contributed by atoms with Crippen LogP contribution in [0.4, 0.5) is 4.79 Å². The maximum Gasteiger partial charge on any atom is 0.314 e. The number of ether oxygens (including phenoxy) is 1. The summed E-state index contributed by atoms with van der Waals surface area (Å²) in [7, 11) is 0. The van der Waals surface area contributed by atoms with Gasteiger partial charge in [-0.2, -0.15) is 0 Å². The summed E-state index contributed by atoms with van der Waals surface area (Å²) in [5, 5.41) is 5.73. The molecule has 1 aromatic rings. The molecule has 1 aromatic heterocycles. The summed E-state index contributed by atoms with van der Waals surface area (Å²) in [5.41, 5.74) is 0.991. The van der Waals surface area contributed by atoms with Gasteiger partial charge in [0.25, 0.3) is 0 Å². The van der Waals surface area contributed by atoms with Crippen LogP contribution in [0.1, 0.15) is 12.1 Å². The molecule has 0 radical (unpaired) electrons. The van der Waals surface area contributed by atoms with Crippen LogP contribution in [0.15, 0.2) is 24.4 Å². The number of nitrogens with zero attached hydrogens (tertiary/aromatic N) is 2. The van der Waals surface area contributed by atoms with Crippen LogP contribution in [-0.4, -0.2) is 61.9 Å². The third-order valence-electron chi connectivity index (χ3n) is 3.43. The van der Waals surface area contributed by atoms with Gasteiger partial charge in [0.1, 0.15) is 0 Å². The largest absolute Gasteiger partial charge is 0.379 e. The number of amides is 2. The molecule has 0 bridgehead atoms. The zero-order chi connectivity index (χ0) is 14.8. The summed E-state index contributed by atoms with van der Waals surface area (Å²) in [5.74, 6) is 0. The number of aromatic nitrogens is 1. The Balaban J connectivity index is 1.47. The molecule has 2 rings (SSSR count). The fourth-order valence-electron chi connectivity index (χ4n) is 2.24. The highest BCUT2D eigenvalue weighted by Crippen LogP contribution is 1.97. The average Bonchev–Trinajstić information content (AvgIpc) is 2.54. The van der Waals surface area contributed by atoms with Gasteiger partial charge < -0.3 is 15.4 Å². The summed E-state index contributed by atoms with van der Waals surface area (Å²) >= 11 is 0. The number of nitrogens with one attached hydrogen (secondary N) is 2. The quantitative estimate of drug-likeness (QED) is 0.724. The van der Waals surface area contributed by atoms with Gasteiger partial charge in [-0.25, -0.2) is 4.79 Å². The first-order chi connectivity index (χ1) is 10.3. The first-order valence-electron chi connectivity index (χ1n) is 7.56. The van der Waals surface area contributed by atoms with E-state index in [-0.39, 0.29) is 6.03 Å². The lowest BCUT2D eigenvalue weighted by Gasteiger charge is -2.26. The van der Waals surface area contributed by atoms with Crippen molar-refractivity contribution < 1.29 is 9.53 Å². The first kappa shape index (κ1) is 15.7. The lowest BCUT2D eigenvalue weighted by atomic mass is 10.3. The lowest BCUT2D eigenvalue weighted by Crippen LogP contribution is -2.40. The number of pyridine rings is 1. The maximum absolute atomic E-state index is 11.6. The van der Waals surface area contributed by atoms with E-state index in [1.54, 1.807) is 6.20 Å². The summed E-state index contributed by atoms with van der Waals surface area (Å²) < 4.78 is 5.30. The normalized spacial score (nSPS) is 15.6. The molecule has 21 heavy (non-hydrogen) atoms. The zero-order valence-corrected chi connectivity index (χ0v) is 12.4. The van der Waals surface area contributed by atoms with Crippen LogP contribution in [0, 0.1) is 0 Å². The van der Waals surface area contributed by atoms with Gasteiger partial charge in [0.05, 0.1) is 13.2 Å². The molecule has 2 amide bonds. The molecule has 0 spiro atoms. The van der Waals surface area contributed by atoms with E-state index >= 15 is 0 Å². The Morgan fingerprint density at radius 1 is 1.24 bits per heavy atom. The van der Waals surface area contributed by atoms with Crippen molar-refractivity contribution in [3.8, 4) is 0 Å². The van der Waals surface area contributed by atoms with Crippen molar-refractivity contribution in [1.29, 1.82) is 0 Å². The molecule has 1 fully saturated rings. The molecule has 116 valence electrons. The standard InChI is InChI=1S/C15H24N4O2/c20-15(18-8-5-14-4-1-2-6-16-14)17-7-3-9-19-10-12-21-13-11-19/h1-2,4,6H,3,5,7-13H2,(H2,17,18,20). The summed E-state index contributed by atoms with van der Waals surface area (Å²) in [6.07, 6.45) is 3.48. The van der Waals surface area contributed by atoms with Gasteiger partial charge in [-0.1, -0.05) is 6.07 Å². The maximum atomic E-state index is 11.6. The van der Waals surface area contributed by atoms with Gasteiger partial charge in [-0.15, -0.1) is 0 Å². The summed E-state index contributed by atoms with van der Waals surface area (Å²) in [4.78, 5) is 18.2. The van der Waals surface area contributed by atoms with Crippen molar-refractivity contribution in [3.63, 3.8) is 0 Å². The summed E-state index contributed by atoms with van der Waals surface area (Å²) in [6.45, 7) is 5.95. The van der Waals surface area contributed by atoms with Gasteiger partial charge >= 0.3 is 6.03 Å². The monoisotopic (exact) mass is 292 g/mol. The fourth-order valence-corrected chi connectivity index (χ4v) is 2.24. The van der Waals surface area contributed by atoms with Crippen LogP contribution in [0.5, 0.6) is 0 Å². The van der Waals surface area contributed by atoms with E-state index in [0.29, 0.717) is 13.1 Å². The van der Waals surface area contributed by atoms with E-state index in [1.807, 2.05) is 18.2 Å². The lowest BCUT2D eigenvalue weighted by molar-refractivity contribution is 0.0375. The van der Waals surface area contributed by atoms with Crippen LogP contribution in [-0.2, 0) is 11.2 Å². The van der Waals surface area contributed by atoms with Crippen LogP contribution in [0.3, 0.4) is 0 Å². The van der Waals surface area contributed by atoms with Crippen molar-refractivity contribution in [2.45, 2.75) is 12.8 Å². The Labute approximate surface area is 125 Å². The molecular formula is C15H24N4O2. The Hall–Kier alpha value is -1.66. The van der Waals surface area contributed by atoms with E-state index in [0.717, 1.165) is 51.4 Å². The van der Waals surface area contributed by atoms with Gasteiger partial charge in [-0.3, -0.25) is 9.88 Å². The molecule has 0 saturated carbocycles. The average molecular weight is 292 g/mol. The first-order valence-corrected chi connectivity index (χ1v) is 7.56. The number of hydrogen-bond donors (Lipinski definition) is 2. The van der Waals surface area contributed by atoms with E-state index in [2.05, 4.69) is 20.5 Å². The number of carbonyl (C=O) groups excluding carboxylic acids is 1. The summed E-state index contributed by atoms with van der Waals surface area (Å²) in [6, 6.07) is 5.70. The van der Waals surface area contributed by atoms with Crippen LogP contribution >= 0.6 is 0 Å². The molecule has 1 saturated heterocycles. The van der Waals surface area contributed by atoms with Crippen LogP contribution < -0.4 is 10.6 Å². The number of hydrogen-bond acceptors (Lipinski definition) is 4. The van der Waals surface area contributed by atoms with Crippen molar-refractivity contribution in [3.05, 3.63) is 30.1 Å². The molecule has 6 nitrogen and oxygen atoms in total. The van der Waals surface area contributed by atoms with E-state index in [9.17, 15) is 4.79 Å². The third-order valence-corrected chi connectivity index (χ3v) is 3.43. The van der Waals surface area contributed by atoms with E-state index in [4.69, 9.17) is 4.74 Å². The van der Waals surface area contributed by atoms with Crippen molar-refractivity contribution in [2.24, 2.45) is 0 Å². The van der Waals surface area contributed by atoms with Crippen molar-refractivity contribution in [2.75, 3.05) is 45.9 Å². The third kappa shape index (κ3) is 6.55. The minimum absolute atomic E-state index is 0.104. The molecule has 0 aliphatic carbocycles.